The summed E-state index contributed by atoms with van der Waals surface area (Å²) in [5.74, 6) is 1.64. The molecule has 0 aliphatic carbocycles. The summed E-state index contributed by atoms with van der Waals surface area (Å²) < 4.78 is 0. The molecule has 0 aliphatic heterocycles. The number of anilines is 4. The summed E-state index contributed by atoms with van der Waals surface area (Å²) in [7, 11) is 3.41. The van der Waals surface area contributed by atoms with Gasteiger partial charge < -0.3 is 22.1 Å². The molecule has 12 heavy (non-hydrogen) atoms. The second-order valence-electron chi connectivity index (χ2n) is 2.19. The van der Waals surface area contributed by atoms with Crippen LogP contribution in [0.4, 0.5) is 23.3 Å². The van der Waals surface area contributed by atoms with Gasteiger partial charge in [-0.2, -0.15) is 0 Å². The van der Waals surface area contributed by atoms with Gasteiger partial charge in [-0.15, -0.1) is 0 Å². The number of nitrogen functional groups attached to an aromatic ring is 2. The number of hydrogen-bond donors (Lipinski definition) is 4. The van der Waals surface area contributed by atoms with Crippen LogP contribution in [-0.4, -0.2) is 24.1 Å². The van der Waals surface area contributed by atoms with Gasteiger partial charge in [-0.1, -0.05) is 0 Å². The Bertz CT molecular complexity index is 254. The molecule has 0 fully saturated rings. The van der Waals surface area contributed by atoms with Crippen LogP contribution in [0.25, 0.3) is 0 Å². The molecular weight excluding hydrogens is 156 g/mol. The third-order valence-electron chi connectivity index (χ3n) is 1.42. The Labute approximate surface area is 70.4 Å². The van der Waals surface area contributed by atoms with E-state index in [0.29, 0.717) is 23.3 Å². The average Bonchev–Trinajstić information content (AvgIpc) is 2.08. The smallest absolute Gasteiger partial charge is 0.171 e. The van der Waals surface area contributed by atoms with Gasteiger partial charge in [0.05, 0.1) is 0 Å². The number of hydrogen-bond acceptors (Lipinski definition) is 6. The van der Waals surface area contributed by atoms with Crippen molar-refractivity contribution in [3.63, 3.8) is 0 Å². The van der Waals surface area contributed by atoms with Crippen LogP contribution in [0.5, 0.6) is 0 Å². The monoisotopic (exact) mass is 168 g/mol. The zero-order valence-corrected chi connectivity index (χ0v) is 7.05. The molecular formula is C6H12N6. The lowest BCUT2D eigenvalue weighted by Gasteiger charge is -2.07. The predicted octanol–water partition coefficient (Wildman–Crippen LogP) is -0.276. The Morgan fingerprint density at radius 3 is 1.50 bits per heavy atom. The van der Waals surface area contributed by atoms with Crippen molar-refractivity contribution < 1.29 is 0 Å². The number of nitrogens with one attached hydrogen (secondary N) is 2. The number of aromatic nitrogens is 2. The van der Waals surface area contributed by atoms with Crippen LogP contribution in [0, 0.1) is 0 Å². The molecule has 1 aromatic heterocycles. The zero-order chi connectivity index (χ0) is 9.14. The first-order valence-electron chi connectivity index (χ1n) is 3.47. The van der Waals surface area contributed by atoms with Crippen molar-refractivity contribution in [1.82, 2.24) is 9.97 Å². The van der Waals surface area contributed by atoms with E-state index in [1.165, 1.54) is 0 Å². The number of nitrogens with two attached hydrogens (primary N) is 2. The molecule has 1 heterocycles. The van der Waals surface area contributed by atoms with Crippen LogP contribution in [-0.2, 0) is 0 Å². The normalized spacial score (nSPS) is 9.50. The molecule has 6 nitrogen and oxygen atoms in total. The van der Waals surface area contributed by atoms with Gasteiger partial charge in [0, 0.05) is 14.1 Å². The average molecular weight is 168 g/mol. The van der Waals surface area contributed by atoms with Gasteiger partial charge in [-0.05, 0) is 0 Å². The fourth-order valence-corrected chi connectivity index (χ4v) is 0.829. The maximum atomic E-state index is 5.54. The molecule has 1 aromatic rings. The van der Waals surface area contributed by atoms with E-state index in [0.717, 1.165) is 0 Å². The second-order valence-corrected chi connectivity index (χ2v) is 2.19. The van der Waals surface area contributed by atoms with Crippen LogP contribution in [0.1, 0.15) is 0 Å². The minimum atomic E-state index is 0.330. The molecule has 0 saturated carbocycles. The van der Waals surface area contributed by atoms with Crippen LogP contribution in [0.2, 0.25) is 0 Å². The molecule has 6 N–H and O–H groups in total. The molecule has 0 atom stereocenters. The summed E-state index contributed by atoms with van der Waals surface area (Å²) >= 11 is 0. The van der Waals surface area contributed by atoms with Gasteiger partial charge in [0.1, 0.15) is 0 Å². The van der Waals surface area contributed by atoms with Crippen molar-refractivity contribution in [3.05, 3.63) is 0 Å². The van der Waals surface area contributed by atoms with Crippen molar-refractivity contribution in [2.24, 2.45) is 0 Å². The Morgan fingerprint density at radius 2 is 1.25 bits per heavy atom. The van der Waals surface area contributed by atoms with Gasteiger partial charge in [-0.3, -0.25) is 0 Å². The first kappa shape index (κ1) is 8.38. The summed E-state index contributed by atoms with van der Waals surface area (Å²) in [5, 5.41) is 5.56. The fraction of sp³-hybridized carbons (Fsp3) is 0.333. The highest BCUT2D eigenvalue weighted by Crippen LogP contribution is 2.19. The van der Waals surface area contributed by atoms with Crippen molar-refractivity contribution in [2.45, 2.75) is 0 Å². The standard InChI is InChI=1S/C6H12N6/c1-9-5-3(7)12-6(10-2)4(8)11-5/h1-2H3,(H3,8,9,11)(H3,7,10,12). The molecule has 0 unspecified atom stereocenters. The van der Waals surface area contributed by atoms with E-state index in [1.807, 2.05) is 0 Å². The summed E-state index contributed by atoms with van der Waals surface area (Å²) in [6, 6.07) is 0. The third-order valence-corrected chi connectivity index (χ3v) is 1.42. The second kappa shape index (κ2) is 3.12. The van der Waals surface area contributed by atoms with Crippen molar-refractivity contribution in [3.8, 4) is 0 Å². The maximum absolute atomic E-state index is 5.54. The van der Waals surface area contributed by atoms with Crippen molar-refractivity contribution in [1.29, 1.82) is 0 Å². The van der Waals surface area contributed by atoms with Crippen molar-refractivity contribution >= 4 is 23.3 Å². The highest BCUT2D eigenvalue weighted by atomic mass is 15.1. The summed E-state index contributed by atoms with van der Waals surface area (Å²) in [4.78, 5) is 7.96. The third kappa shape index (κ3) is 1.31. The first-order chi connectivity index (χ1) is 5.69. The summed E-state index contributed by atoms with van der Waals surface area (Å²) in [6.07, 6.45) is 0. The van der Waals surface area contributed by atoms with Gasteiger partial charge in [0.2, 0.25) is 0 Å². The molecule has 0 radical (unpaired) electrons. The minimum Gasteiger partial charge on any atom is -0.381 e. The van der Waals surface area contributed by atoms with Crippen LogP contribution < -0.4 is 22.1 Å². The predicted molar refractivity (Wildman–Crippen MR) is 50.0 cm³/mol. The quantitative estimate of drug-likeness (QED) is 0.484. The van der Waals surface area contributed by atoms with E-state index >= 15 is 0 Å². The Hall–Kier alpha value is -1.72. The first-order valence-corrected chi connectivity index (χ1v) is 3.47. The lowest BCUT2D eigenvalue weighted by molar-refractivity contribution is 1.19. The molecule has 1 rings (SSSR count). The fourth-order valence-electron chi connectivity index (χ4n) is 0.829. The Kier molecular flexibility index (Phi) is 2.18. The van der Waals surface area contributed by atoms with E-state index in [4.69, 9.17) is 11.5 Å². The molecule has 0 aromatic carbocycles. The molecule has 0 spiro atoms. The molecule has 0 aliphatic rings. The SMILES string of the molecule is CNc1nc(N)c(NC)nc1N. The summed E-state index contributed by atoms with van der Waals surface area (Å²) in [6.45, 7) is 0. The lowest BCUT2D eigenvalue weighted by Crippen LogP contribution is -2.08. The highest BCUT2D eigenvalue weighted by molar-refractivity contribution is 5.67. The summed E-state index contributed by atoms with van der Waals surface area (Å²) in [5.41, 5.74) is 11.1. The molecule has 6 heteroatoms. The van der Waals surface area contributed by atoms with Crippen LogP contribution >= 0.6 is 0 Å². The largest absolute Gasteiger partial charge is 0.381 e. The zero-order valence-electron chi connectivity index (χ0n) is 7.05. The van der Waals surface area contributed by atoms with Crippen LogP contribution in [0.3, 0.4) is 0 Å². The van der Waals surface area contributed by atoms with Gasteiger partial charge in [-0.25, -0.2) is 9.97 Å². The number of rotatable bonds is 2. The molecule has 66 valence electrons. The van der Waals surface area contributed by atoms with Crippen LogP contribution in [0.15, 0.2) is 0 Å². The topological polar surface area (TPSA) is 102 Å². The maximum Gasteiger partial charge on any atom is 0.171 e. The Morgan fingerprint density at radius 1 is 0.917 bits per heavy atom. The molecule has 0 saturated heterocycles. The number of nitrogens with zero attached hydrogens (tertiary/aromatic N) is 2. The highest BCUT2D eigenvalue weighted by Gasteiger charge is 2.05. The van der Waals surface area contributed by atoms with E-state index in [-0.39, 0.29) is 0 Å². The van der Waals surface area contributed by atoms with Crippen molar-refractivity contribution in [2.75, 3.05) is 36.2 Å². The van der Waals surface area contributed by atoms with Gasteiger partial charge >= 0.3 is 0 Å². The van der Waals surface area contributed by atoms with Gasteiger partial charge in [0.25, 0.3) is 0 Å². The molecule has 0 bridgehead atoms. The van der Waals surface area contributed by atoms with E-state index < -0.39 is 0 Å². The minimum absolute atomic E-state index is 0.330. The lowest BCUT2D eigenvalue weighted by atomic mass is 10.5. The van der Waals surface area contributed by atoms with E-state index in [2.05, 4.69) is 20.6 Å². The van der Waals surface area contributed by atoms with Gasteiger partial charge in [0.15, 0.2) is 23.3 Å². The Balaban J connectivity index is 3.16. The molecule has 0 amide bonds. The van der Waals surface area contributed by atoms with E-state index in [1.54, 1.807) is 14.1 Å². The van der Waals surface area contributed by atoms with E-state index in [9.17, 15) is 0 Å².